The Kier molecular flexibility index (Phi) is 8.97. The molecule has 2 aromatic carbocycles. The van der Waals surface area contributed by atoms with Gasteiger partial charge in [0, 0.05) is 11.3 Å². The number of aryl methyl sites for hydroxylation is 1. The molecule has 3 rings (SSSR count). The summed E-state index contributed by atoms with van der Waals surface area (Å²) in [6, 6.07) is 13.2. The molecule has 0 unspecified atom stereocenters. The zero-order chi connectivity index (χ0) is 26.3. The van der Waals surface area contributed by atoms with Crippen LogP contribution in [-0.4, -0.2) is 49.4 Å². The minimum Gasteiger partial charge on any atom is -0.382 e. The maximum Gasteiger partial charge on any atom is 0.331 e. The van der Waals surface area contributed by atoms with E-state index in [1.165, 1.54) is 30.5 Å². The van der Waals surface area contributed by atoms with E-state index in [2.05, 4.69) is 15.3 Å². The lowest BCUT2D eigenvalue weighted by atomic mass is 10.1. The summed E-state index contributed by atoms with van der Waals surface area (Å²) in [5.41, 5.74) is 8.54. The summed E-state index contributed by atoms with van der Waals surface area (Å²) in [5, 5.41) is 2.65. The molecule has 1 aromatic heterocycles. The Morgan fingerprint density at radius 2 is 1.64 bits per heavy atom. The van der Waals surface area contributed by atoms with Crippen molar-refractivity contribution in [2.75, 3.05) is 36.2 Å². The lowest BCUT2D eigenvalue weighted by molar-refractivity contribution is 0.102. The largest absolute Gasteiger partial charge is 0.382 e. The molecule has 0 spiro atoms. The van der Waals surface area contributed by atoms with Gasteiger partial charge in [-0.3, -0.25) is 9.36 Å². The quantitative estimate of drug-likeness (QED) is 0.344. The van der Waals surface area contributed by atoms with E-state index in [4.69, 9.17) is 14.8 Å². The summed E-state index contributed by atoms with van der Waals surface area (Å²) >= 11 is 0. The summed E-state index contributed by atoms with van der Waals surface area (Å²) in [6.07, 6.45) is 1.23. The Morgan fingerprint density at radius 3 is 2.22 bits per heavy atom. The highest BCUT2D eigenvalue weighted by atomic mass is 32.2. The van der Waals surface area contributed by atoms with Crippen molar-refractivity contribution in [3.63, 3.8) is 0 Å². The fourth-order valence-corrected chi connectivity index (χ4v) is 7.04. The summed E-state index contributed by atoms with van der Waals surface area (Å²) in [5.74, 6) is -1.03. The van der Waals surface area contributed by atoms with Gasteiger partial charge >= 0.3 is 7.60 Å². The van der Waals surface area contributed by atoms with Crippen molar-refractivity contribution in [2.45, 2.75) is 25.7 Å². The number of nitrogens with zero attached hydrogens (tertiary/aromatic N) is 2. The predicted molar refractivity (Wildman–Crippen MR) is 139 cm³/mol. The van der Waals surface area contributed by atoms with Crippen molar-refractivity contribution < 1.29 is 26.8 Å². The number of nitrogen functional groups attached to an aromatic ring is 1. The van der Waals surface area contributed by atoms with Crippen LogP contribution in [0.1, 0.15) is 29.9 Å². The number of nitrogens with two attached hydrogens (primary N) is 1. The molecule has 12 heteroatoms. The third-order valence-electron chi connectivity index (χ3n) is 5.12. The van der Waals surface area contributed by atoms with E-state index in [1.807, 2.05) is 31.2 Å². The molecule has 36 heavy (non-hydrogen) atoms. The normalized spacial score (nSPS) is 11.9. The number of carbonyl (C=O) groups excluding carboxylic acids is 1. The zero-order valence-corrected chi connectivity index (χ0v) is 22.0. The Balaban J connectivity index is 1.72. The van der Waals surface area contributed by atoms with Gasteiger partial charge in [-0.25, -0.2) is 18.4 Å². The number of sulfone groups is 1. The highest BCUT2D eigenvalue weighted by Crippen LogP contribution is 2.48. The number of anilines is 2. The molecule has 0 radical (unpaired) electrons. The Hall–Kier alpha value is -3.11. The molecule has 0 aliphatic heterocycles. The average molecular weight is 533 g/mol. The third kappa shape index (κ3) is 6.98. The van der Waals surface area contributed by atoms with Gasteiger partial charge in [-0.15, -0.1) is 0 Å². The SMILES string of the molecule is CCOP(=O)(CCS(=O)(=O)c1ccc(NC(=O)c2nc(-c3ccc(C)cc3)cnc2N)cc1)OCC. The number of hydrogen-bond donors (Lipinski definition) is 2. The smallest absolute Gasteiger partial charge is 0.331 e. The maximum atomic E-state index is 12.8. The molecule has 0 atom stereocenters. The van der Waals surface area contributed by atoms with Crippen LogP contribution in [0.4, 0.5) is 11.5 Å². The van der Waals surface area contributed by atoms with E-state index < -0.39 is 29.1 Å². The lowest BCUT2D eigenvalue weighted by Crippen LogP contribution is -2.17. The second-order valence-electron chi connectivity index (χ2n) is 7.82. The number of carbonyl (C=O) groups is 1. The first-order valence-electron chi connectivity index (χ1n) is 11.3. The van der Waals surface area contributed by atoms with Crippen LogP contribution in [0.2, 0.25) is 0 Å². The van der Waals surface area contributed by atoms with Crippen LogP contribution in [0, 0.1) is 6.92 Å². The number of amides is 1. The monoisotopic (exact) mass is 532 g/mol. The average Bonchev–Trinajstić information content (AvgIpc) is 2.84. The Labute approximate surface area is 210 Å². The van der Waals surface area contributed by atoms with Crippen LogP contribution in [0.15, 0.2) is 59.6 Å². The standard InChI is InChI=1S/C24H29N4O6PS/c1-4-33-35(30,34-5-2)14-15-36(31,32)20-12-10-19(11-13-20)27-24(29)22-23(25)26-16-21(28-22)18-8-6-17(3)7-9-18/h6-13,16H,4-5,14-15H2,1-3H3,(H2,25,26)(H,27,29). The van der Waals surface area contributed by atoms with Crippen molar-refractivity contribution in [2.24, 2.45) is 0 Å². The first-order valence-corrected chi connectivity index (χ1v) is 14.7. The van der Waals surface area contributed by atoms with Crippen LogP contribution in [0.3, 0.4) is 0 Å². The van der Waals surface area contributed by atoms with Gasteiger partial charge in [-0.2, -0.15) is 0 Å². The summed E-state index contributed by atoms with van der Waals surface area (Å²) in [7, 11) is -7.25. The molecule has 192 valence electrons. The van der Waals surface area contributed by atoms with Gasteiger partial charge in [-0.1, -0.05) is 29.8 Å². The van der Waals surface area contributed by atoms with Crippen molar-refractivity contribution in [1.82, 2.24) is 9.97 Å². The third-order valence-corrected chi connectivity index (χ3v) is 9.23. The molecule has 0 aliphatic rings. The van der Waals surface area contributed by atoms with Crippen LogP contribution in [-0.2, 0) is 23.4 Å². The molecule has 0 aliphatic carbocycles. The van der Waals surface area contributed by atoms with Crippen molar-refractivity contribution >= 4 is 34.8 Å². The molecule has 0 saturated heterocycles. The van der Waals surface area contributed by atoms with Gasteiger partial charge in [-0.05, 0) is 45.0 Å². The maximum absolute atomic E-state index is 12.8. The summed E-state index contributed by atoms with van der Waals surface area (Å²) in [4.78, 5) is 21.3. The molecule has 0 saturated carbocycles. The van der Waals surface area contributed by atoms with Crippen molar-refractivity contribution in [3.05, 3.63) is 66.0 Å². The number of benzene rings is 2. The predicted octanol–water partition coefficient (Wildman–Crippen LogP) is 4.33. The molecular formula is C24H29N4O6PS. The Bertz CT molecular complexity index is 1350. The molecule has 10 nitrogen and oxygen atoms in total. The number of aromatic nitrogens is 2. The first-order chi connectivity index (χ1) is 17.1. The summed E-state index contributed by atoms with van der Waals surface area (Å²) < 4.78 is 48.3. The molecule has 1 heterocycles. The zero-order valence-electron chi connectivity index (χ0n) is 20.3. The number of nitrogens with one attached hydrogen (secondary N) is 1. The molecule has 0 bridgehead atoms. The van der Waals surface area contributed by atoms with E-state index in [-0.39, 0.29) is 35.8 Å². The van der Waals surface area contributed by atoms with E-state index in [1.54, 1.807) is 13.8 Å². The topological polar surface area (TPSA) is 151 Å². The second kappa shape index (κ2) is 11.7. The number of rotatable bonds is 11. The second-order valence-corrected chi connectivity index (χ2v) is 12.1. The number of hydrogen-bond acceptors (Lipinski definition) is 9. The molecule has 3 aromatic rings. The van der Waals surface area contributed by atoms with Gasteiger partial charge in [0.1, 0.15) is 0 Å². The molecule has 1 amide bonds. The van der Waals surface area contributed by atoms with Gasteiger partial charge < -0.3 is 20.1 Å². The molecule has 3 N–H and O–H groups in total. The van der Waals surface area contributed by atoms with Crippen molar-refractivity contribution in [1.29, 1.82) is 0 Å². The van der Waals surface area contributed by atoms with Gasteiger partial charge in [0.05, 0.1) is 41.9 Å². The molecular weight excluding hydrogens is 503 g/mol. The minimum atomic E-state index is -3.76. The van der Waals surface area contributed by atoms with E-state index in [0.29, 0.717) is 11.4 Å². The van der Waals surface area contributed by atoms with Crippen LogP contribution >= 0.6 is 7.60 Å². The fraction of sp³-hybridized carbons (Fsp3) is 0.292. The molecule has 0 fully saturated rings. The van der Waals surface area contributed by atoms with Crippen LogP contribution < -0.4 is 11.1 Å². The minimum absolute atomic E-state index is 0.0146. The van der Waals surface area contributed by atoms with Crippen molar-refractivity contribution in [3.8, 4) is 11.3 Å². The van der Waals surface area contributed by atoms with E-state index in [9.17, 15) is 17.8 Å². The highest BCUT2D eigenvalue weighted by molar-refractivity contribution is 7.91. The van der Waals surface area contributed by atoms with Crippen LogP contribution in [0.25, 0.3) is 11.3 Å². The first kappa shape index (κ1) is 27.5. The lowest BCUT2D eigenvalue weighted by Gasteiger charge is -2.16. The fourth-order valence-electron chi connectivity index (χ4n) is 3.27. The van der Waals surface area contributed by atoms with Gasteiger partial charge in [0.2, 0.25) is 0 Å². The van der Waals surface area contributed by atoms with E-state index in [0.717, 1.165) is 11.1 Å². The Morgan fingerprint density at radius 1 is 1.03 bits per heavy atom. The highest BCUT2D eigenvalue weighted by Gasteiger charge is 2.27. The summed E-state index contributed by atoms with van der Waals surface area (Å²) in [6.45, 7) is 5.58. The van der Waals surface area contributed by atoms with Crippen LogP contribution in [0.5, 0.6) is 0 Å². The van der Waals surface area contributed by atoms with Gasteiger partial charge in [0.15, 0.2) is 21.3 Å². The van der Waals surface area contributed by atoms with E-state index >= 15 is 0 Å². The van der Waals surface area contributed by atoms with Gasteiger partial charge in [0.25, 0.3) is 5.91 Å².